The first-order valence-corrected chi connectivity index (χ1v) is 5.27. The Morgan fingerprint density at radius 2 is 1.67 bits per heavy atom. The minimum absolute atomic E-state index is 0.847. The summed E-state index contributed by atoms with van der Waals surface area (Å²) >= 11 is 0. The molecule has 0 aromatic carbocycles. The molecular weight excluding hydrogens is 144 g/mol. The van der Waals surface area contributed by atoms with E-state index in [4.69, 9.17) is 0 Å². The van der Waals surface area contributed by atoms with Crippen LogP contribution in [0.1, 0.15) is 38.5 Å². The maximum Gasteiger partial charge on any atom is -0.0199 e. The Hall–Kier alpha value is -0.520. The number of hydrogen-bond donors (Lipinski definition) is 0. The molecule has 0 saturated carbocycles. The van der Waals surface area contributed by atoms with Gasteiger partial charge in [0.1, 0.15) is 0 Å². The van der Waals surface area contributed by atoms with Crippen LogP contribution in [0, 0.1) is 11.8 Å². The summed E-state index contributed by atoms with van der Waals surface area (Å²) in [5.74, 6) is 1.79. The molecule has 12 heavy (non-hydrogen) atoms. The van der Waals surface area contributed by atoms with E-state index >= 15 is 0 Å². The molecule has 0 fully saturated rings. The molecule has 0 N–H and O–H groups in total. The van der Waals surface area contributed by atoms with Gasteiger partial charge in [-0.05, 0) is 43.9 Å². The third kappa shape index (κ3) is 2.00. The SMILES string of the molecule is C1=C\CC2C/C=C\C(C/1)CCC2. The van der Waals surface area contributed by atoms with Crippen LogP contribution < -0.4 is 0 Å². The average Bonchev–Trinajstić information content (AvgIpc) is 2.18. The van der Waals surface area contributed by atoms with Gasteiger partial charge in [-0.25, -0.2) is 0 Å². The summed E-state index contributed by atoms with van der Waals surface area (Å²) in [6.45, 7) is 0. The van der Waals surface area contributed by atoms with E-state index in [9.17, 15) is 0 Å². The Balaban J connectivity index is 2.13. The molecule has 2 bridgehead atoms. The van der Waals surface area contributed by atoms with Gasteiger partial charge in [0, 0.05) is 0 Å². The fraction of sp³-hybridized carbons (Fsp3) is 0.667. The molecule has 3 aliphatic carbocycles. The molecule has 0 radical (unpaired) electrons. The second-order valence-corrected chi connectivity index (χ2v) is 4.16. The molecule has 0 nitrogen and oxygen atoms in total. The van der Waals surface area contributed by atoms with E-state index in [1.807, 2.05) is 0 Å². The third-order valence-corrected chi connectivity index (χ3v) is 3.14. The minimum atomic E-state index is 0.847. The van der Waals surface area contributed by atoms with Crippen molar-refractivity contribution in [1.29, 1.82) is 0 Å². The highest BCUT2D eigenvalue weighted by molar-refractivity contribution is 4.99. The second-order valence-electron chi connectivity index (χ2n) is 4.16. The van der Waals surface area contributed by atoms with Crippen molar-refractivity contribution in [2.24, 2.45) is 11.8 Å². The van der Waals surface area contributed by atoms with Crippen molar-refractivity contribution in [3.63, 3.8) is 0 Å². The molecule has 0 heteroatoms. The van der Waals surface area contributed by atoms with Gasteiger partial charge >= 0.3 is 0 Å². The van der Waals surface area contributed by atoms with Gasteiger partial charge in [-0.2, -0.15) is 0 Å². The molecule has 66 valence electrons. The summed E-state index contributed by atoms with van der Waals surface area (Å²) in [4.78, 5) is 0. The van der Waals surface area contributed by atoms with E-state index in [1.165, 1.54) is 38.5 Å². The zero-order valence-electron chi connectivity index (χ0n) is 7.71. The predicted octanol–water partition coefficient (Wildman–Crippen LogP) is 3.70. The first-order valence-electron chi connectivity index (χ1n) is 5.27. The summed E-state index contributed by atoms with van der Waals surface area (Å²) in [5, 5.41) is 0. The Bertz CT molecular complexity index is 188. The Morgan fingerprint density at radius 3 is 2.67 bits per heavy atom. The number of hydrogen-bond acceptors (Lipinski definition) is 0. The highest BCUT2D eigenvalue weighted by Crippen LogP contribution is 2.27. The van der Waals surface area contributed by atoms with Crippen LogP contribution in [-0.2, 0) is 0 Å². The monoisotopic (exact) mass is 162 g/mol. The zero-order valence-corrected chi connectivity index (χ0v) is 7.71. The van der Waals surface area contributed by atoms with Crippen LogP contribution in [0.4, 0.5) is 0 Å². The van der Waals surface area contributed by atoms with Gasteiger partial charge in [-0.1, -0.05) is 30.7 Å². The fourth-order valence-electron chi connectivity index (χ4n) is 2.32. The quantitative estimate of drug-likeness (QED) is 0.476. The highest BCUT2D eigenvalue weighted by Gasteiger charge is 2.13. The van der Waals surface area contributed by atoms with E-state index in [0.717, 1.165) is 11.8 Å². The van der Waals surface area contributed by atoms with E-state index in [0.29, 0.717) is 0 Å². The molecule has 2 unspecified atom stereocenters. The molecule has 0 aliphatic heterocycles. The largest absolute Gasteiger partial charge is 0.0882 e. The summed E-state index contributed by atoms with van der Waals surface area (Å²) in [7, 11) is 0. The summed E-state index contributed by atoms with van der Waals surface area (Å²) in [6, 6.07) is 0. The van der Waals surface area contributed by atoms with Crippen LogP contribution in [-0.4, -0.2) is 0 Å². The average molecular weight is 162 g/mol. The molecule has 0 heterocycles. The first kappa shape index (κ1) is 8.10. The van der Waals surface area contributed by atoms with Gasteiger partial charge in [0.25, 0.3) is 0 Å². The number of rotatable bonds is 0. The smallest absolute Gasteiger partial charge is 0.0199 e. The van der Waals surface area contributed by atoms with Crippen LogP contribution in [0.2, 0.25) is 0 Å². The summed E-state index contributed by atoms with van der Waals surface area (Å²) < 4.78 is 0. The van der Waals surface area contributed by atoms with Gasteiger partial charge < -0.3 is 0 Å². The summed E-state index contributed by atoms with van der Waals surface area (Å²) in [5.41, 5.74) is 0. The van der Waals surface area contributed by atoms with Crippen LogP contribution in [0.15, 0.2) is 24.3 Å². The topological polar surface area (TPSA) is 0 Å². The van der Waals surface area contributed by atoms with Crippen LogP contribution in [0.3, 0.4) is 0 Å². The van der Waals surface area contributed by atoms with E-state index in [2.05, 4.69) is 24.3 Å². The highest BCUT2D eigenvalue weighted by atomic mass is 14.2. The van der Waals surface area contributed by atoms with Crippen LogP contribution in [0.25, 0.3) is 0 Å². The van der Waals surface area contributed by atoms with Crippen molar-refractivity contribution in [3.8, 4) is 0 Å². The van der Waals surface area contributed by atoms with E-state index in [-0.39, 0.29) is 0 Å². The molecule has 3 rings (SSSR count). The van der Waals surface area contributed by atoms with Gasteiger partial charge in [-0.15, -0.1) is 0 Å². The molecule has 3 aliphatic rings. The lowest BCUT2D eigenvalue weighted by molar-refractivity contribution is 0.436. The molecule has 0 aromatic rings. The van der Waals surface area contributed by atoms with Gasteiger partial charge in [0.2, 0.25) is 0 Å². The van der Waals surface area contributed by atoms with Crippen LogP contribution in [0.5, 0.6) is 0 Å². The van der Waals surface area contributed by atoms with Gasteiger partial charge in [0.15, 0.2) is 0 Å². The molecule has 0 amide bonds. The van der Waals surface area contributed by atoms with E-state index < -0.39 is 0 Å². The lowest BCUT2D eigenvalue weighted by atomic mass is 9.89. The first-order chi connectivity index (χ1) is 5.95. The van der Waals surface area contributed by atoms with Crippen molar-refractivity contribution in [2.45, 2.75) is 38.5 Å². The maximum absolute atomic E-state index is 2.45. The Kier molecular flexibility index (Phi) is 2.65. The summed E-state index contributed by atoms with van der Waals surface area (Å²) in [6.07, 6.45) is 17.9. The predicted molar refractivity (Wildman–Crippen MR) is 53.0 cm³/mol. The van der Waals surface area contributed by atoms with E-state index in [1.54, 1.807) is 0 Å². The Labute approximate surface area is 75.4 Å². The number of fused-ring (bicyclic) bond motifs is 5. The Morgan fingerprint density at radius 1 is 0.833 bits per heavy atom. The molecular formula is C12H18. The van der Waals surface area contributed by atoms with Crippen molar-refractivity contribution in [2.75, 3.05) is 0 Å². The standard InChI is InChI=1S/C12H18/c1-2-6-12-9-3-7-11(5-1)8-4-10-12/h1-3,7,11-12H,4-6,8-10H2/b2-1-,7-3-. The number of allylic oxidation sites excluding steroid dienone is 4. The molecule has 0 spiro atoms. The van der Waals surface area contributed by atoms with Crippen molar-refractivity contribution in [3.05, 3.63) is 24.3 Å². The van der Waals surface area contributed by atoms with Crippen molar-refractivity contribution < 1.29 is 0 Å². The van der Waals surface area contributed by atoms with Gasteiger partial charge in [0.05, 0.1) is 0 Å². The fourth-order valence-corrected chi connectivity index (χ4v) is 2.32. The zero-order chi connectivity index (χ0) is 8.23. The lowest BCUT2D eigenvalue weighted by Crippen LogP contribution is -2.02. The molecule has 2 atom stereocenters. The maximum atomic E-state index is 2.45. The third-order valence-electron chi connectivity index (χ3n) is 3.14. The normalized spacial score (nSPS) is 40.7. The minimum Gasteiger partial charge on any atom is -0.0882 e. The second kappa shape index (κ2) is 3.93. The lowest BCUT2D eigenvalue weighted by Gasteiger charge is -2.16. The van der Waals surface area contributed by atoms with Crippen molar-refractivity contribution in [1.82, 2.24) is 0 Å². The molecule has 0 saturated heterocycles. The van der Waals surface area contributed by atoms with Gasteiger partial charge in [-0.3, -0.25) is 0 Å². The van der Waals surface area contributed by atoms with Crippen molar-refractivity contribution >= 4 is 0 Å². The molecule has 0 aromatic heterocycles. The van der Waals surface area contributed by atoms with Crippen LogP contribution >= 0.6 is 0 Å².